The molecule has 1 atom stereocenters. The van der Waals surface area contributed by atoms with E-state index in [1.54, 1.807) is 47.9 Å². The van der Waals surface area contributed by atoms with Gasteiger partial charge in [-0.25, -0.2) is 10.8 Å². The first-order chi connectivity index (χ1) is 15.6. The third-order valence-corrected chi connectivity index (χ3v) is 5.43. The number of hydrogen-bond acceptors (Lipinski definition) is 8. The van der Waals surface area contributed by atoms with Crippen molar-refractivity contribution in [2.75, 3.05) is 6.54 Å². The first-order valence-corrected chi connectivity index (χ1v) is 10.1. The third kappa shape index (κ3) is 3.62. The lowest BCUT2D eigenvalue weighted by Gasteiger charge is -2.34. The molecule has 11 heteroatoms. The van der Waals surface area contributed by atoms with Gasteiger partial charge in [-0.3, -0.25) is 14.8 Å². The Hall–Kier alpha value is -3.99. The Labute approximate surface area is 184 Å². The zero-order chi connectivity index (χ0) is 22.1. The zero-order valence-corrected chi connectivity index (χ0v) is 17.0. The largest absolute Gasteiger partial charge is 0.411 e. The molecule has 32 heavy (non-hydrogen) atoms. The highest BCUT2D eigenvalue weighted by Gasteiger charge is 2.35. The molecule has 0 aliphatic carbocycles. The molecule has 0 spiro atoms. The molecular formula is C21H19BN8O2. The van der Waals surface area contributed by atoms with E-state index in [9.17, 15) is 4.79 Å². The maximum absolute atomic E-state index is 13.3. The summed E-state index contributed by atoms with van der Waals surface area (Å²) in [5.41, 5.74) is 3.50. The van der Waals surface area contributed by atoms with Gasteiger partial charge in [0.05, 0.1) is 18.1 Å². The van der Waals surface area contributed by atoms with Crippen LogP contribution in [0.15, 0.2) is 70.7 Å². The van der Waals surface area contributed by atoms with Crippen molar-refractivity contribution in [3.8, 4) is 11.6 Å². The molecule has 5 rings (SSSR count). The molecule has 0 aromatic carbocycles. The lowest BCUT2D eigenvalue weighted by Crippen LogP contribution is -2.40. The topological polar surface area (TPSA) is 130 Å². The smallest absolute Gasteiger partial charge is 0.312 e. The maximum atomic E-state index is 13.3. The molecule has 0 saturated carbocycles. The van der Waals surface area contributed by atoms with Crippen molar-refractivity contribution in [2.24, 2.45) is 5.84 Å². The van der Waals surface area contributed by atoms with E-state index in [0.717, 1.165) is 11.4 Å². The van der Waals surface area contributed by atoms with Crippen LogP contribution in [0, 0.1) is 0 Å². The van der Waals surface area contributed by atoms with Crippen molar-refractivity contribution >= 4 is 13.8 Å². The van der Waals surface area contributed by atoms with Gasteiger partial charge < -0.3 is 14.3 Å². The Morgan fingerprint density at radius 1 is 1.34 bits per heavy atom. The average molecular weight is 426 g/mol. The van der Waals surface area contributed by atoms with Crippen LogP contribution in [0.4, 0.5) is 0 Å². The first-order valence-electron chi connectivity index (χ1n) is 10.1. The van der Waals surface area contributed by atoms with Crippen LogP contribution in [-0.4, -0.2) is 55.4 Å². The number of fused-ring (bicyclic) bond motifs is 1. The van der Waals surface area contributed by atoms with E-state index in [1.165, 1.54) is 5.01 Å². The van der Waals surface area contributed by atoms with Crippen LogP contribution < -0.4 is 5.84 Å². The lowest BCUT2D eigenvalue weighted by atomic mass is 9.88. The maximum Gasteiger partial charge on any atom is 0.312 e. The molecule has 2 aliphatic heterocycles. The number of allylic oxidation sites excluding steroid dienone is 3. The fraction of sp³-hybridized carbons (Fsp3) is 0.190. The SMILES string of the molecule is [B]C1=CC=CN(N)/C1=C\C[C@H]1c2nc[nH]c2CCN1C(=O)c1nnc(-c2ccccn2)o1. The number of amides is 1. The highest BCUT2D eigenvalue weighted by molar-refractivity contribution is 6.24. The van der Waals surface area contributed by atoms with Gasteiger partial charge in [0.2, 0.25) is 0 Å². The monoisotopic (exact) mass is 426 g/mol. The number of carbonyl (C=O) groups excluding carboxylic acids is 1. The van der Waals surface area contributed by atoms with Gasteiger partial charge in [0.1, 0.15) is 13.5 Å². The van der Waals surface area contributed by atoms with E-state index in [2.05, 4.69) is 25.1 Å². The Morgan fingerprint density at radius 2 is 2.25 bits per heavy atom. The number of aromatic amines is 1. The number of imidazole rings is 1. The van der Waals surface area contributed by atoms with Crippen LogP contribution in [0.3, 0.4) is 0 Å². The van der Waals surface area contributed by atoms with Gasteiger partial charge >= 0.3 is 11.8 Å². The molecule has 0 bridgehead atoms. The fourth-order valence-corrected chi connectivity index (χ4v) is 3.86. The number of nitrogens with two attached hydrogens (primary N) is 1. The summed E-state index contributed by atoms with van der Waals surface area (Å²) in [7, 11) is 6.08. The molecule has 3 N–H and O–H groups in total. The van der Waals surface area contributed by atoms with Crippen molar-refractivity contribution in [1.82, 2.24) is 35.1 Å². The van der Waals surface area contributed by atoms with Gasteiger partial charge in [-0.2, -0.15) is 0 Å². The minimum atomic E-state index is -0.367. The van der Waals surface area contributed by atoms with Crippen molar-refractivity contribution in [1.29, 1.82) is 0 Å². The van der Waals surface area contributed by atoms with E-state index in [4.69, 9.17) is 18.1 Å². The second-order valence-electron chi connectivity index (χ2n) is 7.35. The lowest BCUT2D eigenvalue weighted by molar-refractivity contribution is 0.0616. The highest BCUT2D eigenvalue weighted by Crippen LogP contribution is 2.33. The molecule has 10 nitrogen and oxygen atoms in total. The molecule has 3 aromatic heterocycles. The molecule has 0 fully saturated rings. The minimum absolute atomic E-state index is 0.0947. The summed E-state index contributed by atoms with van der Waals surface area (Å²) >= 11 is 0. The number of rotatable bonds is 4. The Kier molecular flexibility index (Phi) is 5.16. The van der Waals surface area contributed by atoms with E-state index in [1.807, 2.05) is 12.1 Å². The number of nitrogens with zero attached hydrogens (tertiary/aromatic N) is 6. The molecule has 158 valence electrons. The molecule has 0 unspecified atom stereocenters. The number of H-pyrrole nitrogens is 1. The van der Waals surface area contributed by atoms with Crippen LogP contribution in [0.25, 0.3) is 11.6 Å². The van der Waals surface area contributed by atoms with Gasteiger partial charge in [-0.05, 0) is 24.6 Å². The number of aromatic nitrogens is 5. The number of hydrogen-bond donors (Lipinski definition) is 2. The summed E-state index contributed by atoms with van der Waals surface area (Å²) in [4.78, 5) is 26.8. The second kappa shape index (κ2) is 8.27. The summed E-state index contributed by atoms with van der Waals surface area (Å²) in [6, 6.07) is 4.99. The van der Waals surface area contributed by atoms with E-state index >= 15 is 0 Å². The fourth-order valence-electron chi connectivity index (χ4n) is 3.86. The molecule has 3 aromatic rings. The van der Waals surface area contributed by atoms with Crippen molar-refractivity contribution in [3.63, 3.8) is 0 Å². The third-order valence-electron chi connectivity index (χ3n) is 5.43. The second-order valence-corrected chi connectivity index (χ2v) is 7.35. The zero-order valence-electron chi connectivity index (χ0n) is 17.0. The Balaban J connectivity index is 1.43. The van der Waals surface area contributed by atoms with Gasteiger partial charge in [0.25, 0.3) is 5.89 Å². The Bertz CT molecular complexity index is 1230. The molecule has 5 heterocycles. The van der Waals surface area contributed by atoms with E-state index in [-0.39, 0.29) is 23.7 Å². The predicted octanol–water partition coefficient (Wildman–Crippen LogP) is 1.62. The first kappa shape index (κ1) is 19.9. The van der Waals surface area contributed by atoms with E-state index in [0.29, 0.717) is 36.2 Å². The number of hydrazine groups is 1. The van der Waals surface area contributed by atoms with Gasteiger partial charge in [-0.1, -0.05) is 23.7 Å². The summed E-state index contributed by atoms with van der Waals surface area (Å²) in [6.07, 6.45) is 11.5. The average Bonchev–Trinajstić information content (AvgIpc) is 3.49. The highest BCUT2D eigenvalue weighted by atomic mass is 16.4. The standard InChI is InChI=1S/C21H19BN8O2/c22-13-4-3-10-30(23)16(13)6-7-17-18-14(25-12-26-18)8-11-29(17)21(31)20-28-27-19(32-20)15-5-1-2-9-24-15/h1-6,9-10,12,17H,7-8,11,23H2,(H,25,26)/b16-6-/t17-/m0/s1. The van der Waals surface area contributed by atoms with Crippen LogP contribution in [-0.2, 0) is 6.42 Å². The van der Waals surface area contributed by atoms with Crippen LogP contribution in [0.2, 0.25) is 0 Å². The van der Waals surface area contributed by atoms with Crippen LogP contribution in [0.1, 0.15) is 34.5 Å². The van der Waals surface area contributed by atoms with Gasteiger partial charge in [0, 0.05) is 36.8 Å². The molecule has 2 aliphatic rings. The number of nitrogens with one attached hydrogen (secondary N) is 1. The molecular weight excluding hydrogens is 407 g/mol. The van der Waals surface area contributed by atoms with Crippen molar-refractivity contribution in [2.45, 2.75) is 18.9 Å². The number of carbonyl (C=O) groups is 1. The van der Waals surface area contributed by atoms with Crippen LogP contribution in [0.5, 0.6) is 0 Å². The summed E-state index contributed by atoms with van der Waals surface area (Å²) in [5, 5.41) is 9.40. The normalized spacial score (nSPS) is 19.2. The van der Waals surface area contributed by atoms with Crippen molar-refractivity contribution < 1.29 is 9.21 Å². The summed E-state index contributed by atoms with van der Waals surface area (Å²) in [6.45, 7) is 0.473. The molecule has 2 radical (unpaired) electrons. The quantitative estimate of drug-likeness (QED) is 0.476. The van der Waals surface area contributed by atoms with Gasteiger partial charge in [0.15, 0.2) is 0 Å². The molecule has 0 saturated heterocycles. The summed E-state index contributed by atoms with van der Waals surface area (Å²) < 4.78 is 5.65. The number of pyridine rings is 1. The predicted molar refractivity (Wildman–Crippen MR) is 115 cm³/mol. The molecule has 1 amide bonds. The van der Waals surface area contributed by atoms with Gasteiger partial charge in [-0.15, -0.1) is 10.2 Å². The van der Waals surface area contributed by atoms with Crippen molar-refractivity contribution in [3.05, 3.63) is 83.6 Å². The van der Waals surface area contributed by atoms with E-state index < -0.39 is 0 Å². The summed E-state index contributed by atoms with van der Waals surface area (Å²) in [5.74, 6) is 5.75. The Morgan fingerprint density at radius 3 is 3.06 bits per heavy atom. The van der Waals surface area contributed by atoms with Crippen LogP contribution >= 0.6 is 0 Å². The minimum Gasteiger partial charge on any atom is -0.411 e.